The van der Waals surface area contributed by atoms with E-state index in [1.54, 1.807) is 0 Å². The van der Waals surface area contributed by atoms with E-state index in [1.807, 2.05) is 0 Å². The molecule has 104 valence electrons. The average molecular weight is 304 g/mol. The van der Waals surface area contributed by atoms with Crippen LogP contribution >= 0.6 is 23.2 Å². The van der Waals surface area contributed by atoms with Crippen molar-refractivity contribution >= 4 is 34.6 Å². The van der Waals surface area contributed by atoms with E-state index in [-0.39, 0.29) is 5.69 Å². The van der Waals surface area contributed by atoms with Crippen molar-refractivity contribution in [2.45, 2.75) is 12.8 Å². The first-order valence-corrected chi connectivity index (χ1v) is 6.87. The molecule has 5 nitrogen and oxygen atoms in total. The molecular weight excluding hydrogens is 289 g/mol. The minimum Gasteiger partial charge on any atom is -0.369 e. The summed E-state index contributed by atoms with van der Waals surface area (Å²) in [6.07, 6.45) is 1.97. The Morgan fingerprint density at radius 2 is 1.84 bits per heavy atom. The molecule has 2 rings (SSSR count). The number of nitro groups is 1. The van der Waals surface area contributed by atoms with Gasteiger partial charge in [0.25, 0.3) is 5.69 Å². The molecular formula is C12H15Cl2N3O2. The number of halogens is 2. The molecule has 1 aliphatic rings. The fourth-order valence-corrected chi connectivity index (χ4v) is 3.07. The molecule has 0 atom stereocenters. The summed E-state index contributed by atoms with van der Waals surface area (Å²) < 4.78 is 0. The minimum atomic E-state index is -0.498. The van der Waals surface area contributed by atoms with Crippen molar-refractivity contribution in [3.63, 3.8) is 0 Å². The fraction of sp³-hybridized carbons (Fsp3) is 0.500. The van der Waals surface area contributed by atoms with Gasteiger partial charge in [0.2, 0.25) is 0 Å². The molecule has 0 saturated carbocycles. The quantitative estimate of drug-likeness (QED) is 0.688. The number of nitrogens with two attached hydrogens (primary N) is 1. The summed E-state index contributed by atoms with van der Waals surface area (Å²) in [7, 11) is 0. The van der Waals surface area contributed by atoms with Gasteiger partial charge in [0.15, 0.2) is 0 Å². The van der Waals surface area contributed by atoms with Gasteiger partial charge in [0.05, 0.1) is 20.7 Å². The van der Waals surface area contributed by atoms with Gasteiger partial charge in [-0.1, -0.05) is 23.2 Å². The molecule has 0 bridgehead atoms. The van der Waals surface area contributed by atoms with Crippen LogP contribution in [0, 0.1) is 16.0 Å². The minimum absolute atomic E-state index is 0.0874. The largest absolute Gasteiger partial charge is 0.369 e. The number of benzene rings is 1. The maximum absolute atomic E-state index is 10.7. The number of non-ortho nitro benzene ring substituents is 1. The van der Waals surface area contributed by atoms with Crippen LogP contribution in [0.15, 0.2) is 12.1 Å². The number of nitro benzene ring substituents is 1. The molecule has 2 N–H and O–H groups in total. The van der Waals surface area contributed by atoms with E-state index in [1.165, 1.54) is 12.1 Å². The van der Waals surface area contributed by atoms with Crippen LogP contribution in [-0.4, -0.2) is 24.6 Å². The van der Waals surface area contributed by atoms with Gasteiger partial charge in [0.1, 0.15) is 0 Å². The van der Waals surface area contributed by atoms with Crippen molar-refractivity contribution in [1.82, 2.24) is 0 Å². The van der Waals surface area contributed by atoms with Gasteiger partial charge < -0.3 is 10.6 Å². The smallest absolute Gasteiger partial charge is 0.272 e. The van der Waals surface area contributed by atoms with Crippen LogP contribution in [0.3, 0.4) is 0 Å². The molecule has 0 aliphatic carbocycles. The van der Waals surface area contributed by atoms with Crippen LogP contribution in [0.25, 0.3) is 0 Å². The summed E-state index contributed by atoms with van der Waals surface area (Å²) in [4.78, 5) is 12.3. The third-order valence-corrected chi connectivity index (χ3v) is 4.05. The summed E-state index contributed by atoms with van der Waals surface area (Å²) in [5, 5.41) is 11.4. The topological polar surface area (TPSA) is 72.4 Å². The maximum Gasteiger partial charge on any atom is 0.272 e. The van der Waals surface area contributed by atoms with E-state index >= 15 is 0 Å². The molecule has 1 saturated heterocycles. The van der Waals surface area contributed by atoms with Crippen LogP contribution in [0.2, 0.25) is 10.0 Å². The van der Waals surface area contributed by atoms with Crippen molar-refractivity contribution < 1.29 is 4.92 Å². The predicted octanol–water partition coefficient (Wildman–Crippen LogP) is 3.08. The van der Waals surface area contributed by atoms with Crippen LogP contribution in [0.1, 0.15) is 12.8 Å². The van der Waals surface area contributed by atoms with Gasteiger partial charge in [0, 0.05) is 25.2 Å². The summed E-state index contributed by atoms with van der Waals surface area (Å²) in [5.74, 6) is 0.534. The monoisotopic (exact) mass is 303 g/mol. The Kier molecular flexibility index (Phi) is 4.50. The van der Waals surface area contributed by atoms with Gasteiger partial charge in [-0.05, 0) is 25.3 Å². The van der Waals surface area contributed by atoms with Gasteiger partial charge in [-0.2, -0.15) is 0 Å². The summed E-state index contributed by atoms with van der Waals surface area (Å²) in [6, 6.07) is 2.69. The first kappa shape index (κ1) is 14.4. The standard InChI is InChI=1S/C12H15Cl2N3O2/c13-10-5-9(17(18)19)6-11(14)12(10)16-3-1-8(7-15)2-4-16/h5-6,8H,1-4,7,15H2. The first-order valence-electron chi connectivity index (χ1n) is 6.11. The molecule has 0 radical (unpaired) electrons. The third kappa shape index (κ3) is 3.11. The van der Waals surface area contributed by atoms with Gasteiger partial charge in [-0.15, -0.1) is 0 Å². The lowest BCUT2D eigenvalue weighted by Crippen LogP contribution is -2.36. The number of nitrogens with zero attached hydrogens (tertiary/aromatic N) is 2. The van der Waals surface area contributed by atoms with Crippen molar-refractivity contribution in [2.75, 3.05) is 24.5 Å². The van der Waals surface area contributed by atoms with Crippen molar-refractivity contribution in [2.24, 2.45) is 11.7 Å². The van der Waals surface area contributed by atoms with Crippen molar-refractivity contribution in [3.05, 3.63) is 32.3 Å². The highest BCUT2D eigenvalue weighted by Crippen LogP contribution is 2.38. The highest BCUT2D eigenvalue weighted by atomic mass is 35.5. The number of rotatable bonds is 3. The SMILES string of the molecule is NCC1CCN(c2c(Cl)cc([N+](=O)[O-])cc2Cl)CC1. The molecule has 1 aliphatic heterocycles. The molecule has 0 aromatic heterocycles. The molecule has 1 aromatic carbocycles. The van der Waals surface area contributed by atoms with E-state index in [0.29, 0.717) is 28.2 Å². The number of hydrogen-bond donors (Lipinski definition) is 1. The van der Waals surface area contributed by atoms with Crippen LogP contribution in [-0.2, 0) is 0 Å². The Morgan fingerprint density at radius 3 is 2.26 bits per heavy atom. The summed E-state index contributed by atoms with van der Waals surface area (Å²) in [5.41, 5.74) is 6.25. The highest BCUT2D eigenvalue weighted by Gasteiger charge is 2.23. The first-order chi connectivity index (χ1) is 9.02. The van der Waals surface area contributed by atoms with E-state index < -0.39 is 4.92 Å². The summed E-state index contributed by atoms with van der Waals surface area (Å²) in [6.45, 7) is 2.33. The van der Waals surface area contributed by atoms with E-state index in [9.17, 15) is 10.1 Å². The Hall–Kier alpha value is -1.04. The fourth-order valence-electron chi connectivity index (χ4n) is 2.35. The second-order valence-electron chi connectivity index (χ2n) is 4.68. The van der Waals surface area contributed by atoms with Crippen LogP contribution < -0.4 is 10.6 Å². The van der Waals surface area contributed by atoms with Crippen LogP contribution in [0.5, 0.6) is 0 Å². The molecule has 0 amide bonds. The lowest BCUT2D eigenvalue weighted by Gasteiger charge is -2.34. The number of anilines is 1. The average Bonchev–Trinajstić information content (AvgIpc) is 2.38. The molecule has 0 unspecified atom stereocenters. The molecule has 19 heavy (non-hydrogen) atoms. The van der Waals surface area contributed by atoms with Crippen molar-refractivity contribution in [3.8, 4) is 0 Å². The molecule has 0 spiro atoms. The van der Waals surface area contributed by atoms with E-state index in [0.717, 1.165) is 25.9 Å². The lowest BCUT2D eigenvalue weighted by molar-refractivity contribution is -0.384. The van der Waals surface area contributed by atoms with E-state index in [4.69, 9.17) is 28.9 Å². The van der Waals surface area contributed by atoms with Crippen molar-refractivity contribution in [1.29, 1.82) is 0 Å². The van der Waals surface area contributed by atoms with Gasteiger partial charge in [-0.25, -0.2) is 0 Å². The third-order valence-electron chi connectivity index (χ3n) is 3.48. The zero-order valence-electron chi connectivity index (χ0n) is 10.3. The zero-order chi connectivity index (χ0) is 14.0. The Morgan fingerprint density at radius 1 is 1.32 bits per heavy atom. The van der Waals surface area contributed by atoms with Gasteiger partial charge >= 0.3 is 0 Å². The Labute approximate surface area is 121 Å². The zero-order valence-corrected chi connectivity index (χ0v) is 11.8. The lowest BCUT2D eigenvalue weighted by atomic mass is 9.97. The van der Waals surface area contributed by atoms with Crippen LogP contribution in [0.4, 0.5) is 11.4 Å². The Bertz CT molecular complexity index is 465. The van der Waals surface area contributed by atoms with E-state index in [2.05, 4.69) is 4.90 Å². The molecule has 7 heteroatoms. The maximum atomic E-state index is 10.7. The molecule has 1 heterocycles. The predicted molar refractivity (Wildman–Crippen MR) is 77.1 cm³/mol. The Balaban J connectivity index is 2.24. The van der Waals surface area contributed by atoms with Gasteiger partial charge in [-0.3, -0.25) is 10.1 Å². The number of piperidine rings is 1. The highest BCUT2D eigenvalue weighted by molar-refractivity contribution is 6.39. The second-order valence-corrected chi connectivity index (χ2v) is 5.50. The number of hydrogen-bond acceptors (Lipinski definition) is 4. The normalized spacial score (nSPS) is 16.7. The molecule has 1 aromatic rings. The molecule has 1 fully saturated rings. The second kappa shape index (κ2) is 5.94. The summed E-state index contributed by atoms with van der Waals surface area (Å²) >= 11 is 12.3.